The topological polar surface area (TPSA) is 12.4 Å². The molecule has 0 N–H and O–H groups in total. The first kappa shape index (κ1) is 14.2. The van der Waals surface area contributed by atoms with Crippen molar-refractivity contribution >= 4 is 24.6 Å². The van der Waals surface area contributed by atoms with Gasteiger partial charge in [0.25, 0.3) is 0 Å². The highest BCUT2D eigenvalue weighted by Gasteiger charge is 2.11. The molecule has 0 fully saturated rings. The lowest BCUT2D eigenvalue weighted by atomic mass is 10.3. The lowest BCUT2D eigenvalue weighted by Gasteiger charge is -2.13. The molecule has 3 heteroatoms. The third-order valence-electron chi connectivity index (χ3n) is 1.78. The Morgan fingerprint density at radius 1 is 1.21 bits per heavy atom. The Morgan fingerprint density at radius 2 is 1.93 bits per heavy atom. The van der Waals surface area contributed by atoms with Crippen molar-refractivity contribution < 1.29 is 0 Å². The minimum atomic E-state index is -0.866. The maximum atomic E-state index is 4.37. The van der Waals surface area contributed by atoms with Crippen molar-refractivity contribution in [3.8, 4) is 0 Å². The van der Waals surface area contributed by atoms with E-state index in [0.717, 1.165) is 6.54 Å². The van der Waals surface area contributed by atoms with Gasteiger partial charge >= 0.3 is 0 Å². The highest BCUT2D eigenvalue weighted by atomic mass is 32.4. The molecule has 0 unspecified atom stereocenters. The van der Waals surface area contributed by atoms with E-state index in [4.69, 9.17) is 0 Å². The Hall–Kier alpha value is 0.237. The predicted molar refractivity (Wildman–Crippen MR) is 73.3 cm³/mol. The summed E-state index contributed by atoms with van der Waals surface area (Å²) in [6.45, 7) is 10.5. The Balaban J connectivity index is 3.17. The standard InChI is InChI=1S/C11H25NSSi/c1-5-6-9-12-10-7-8-11-13-14(2,3)4/h10H,5-9,11H2,1-4H3/b12-10-. The van der Waals surface area contributed by atoms with Gasteiger partial charge in [-0.1, -0.05) is 33.0 Å². The molecule has 0 aromatic heterocycles. The summed E-state index contributed by atoms with van der Waals surface area (Å²) in [7, 11) is -0.866. The fraction of sp³-hybridized carbons (Fsp3) is 0.909. The fourth-order valence-corrected chi connectivity index (χ4v) is 4.18. The first-order chi connectivity index (χ1) is 6.56. The number of unbranched alkanes of at least 4 members (excludes halogenated alkanes) is 2. The average molecular weight is 231 g/mol. The normalized spacial score (nSPS) is 12.6. The van der Waals surface area contributed by atoms with Crippen LogP contribution in [0, 0.1) is 0 Å². The van der Waals surface area contributed by atoms with Gasteiger partial charge in [-0.05, 0) is 31.2 Å². The van der Waals surface area contributed by atoms with E-state index in [9.17, 15) is 0 Å². The van der Waals surface area contributed by atoms with Crippen molar-refractivity contribution in [2.45, 2.75) is 52.2 Å². The largest absolute Gasteiger partial charge is 0.298 e. The Morgan fingerprint density at radius 3 is 2.50 bits per heavy atom. The molecule has 0 spiro atoms. The first-order valence-electron chi connectivity index (χ1n) is 5.68. The molecule has 0 atom stereocenters. The Kier molecular flexibility index (Phi) is 8.68. The van der Waals surface area contributed by atoms with Crippen molar-refractivity contribution in [1.82, 2.24) is 0 Å². The third kappa shape index (κ3) is 12.2. The number of nitrogens with zero attached hydrogens (tertiary/aromatic N) is 1. The monoisotopic (exact) mass is 231 g/mol. The van der Waals surface area contributed by atoms with Crippen molar-refractivity contribution in [3.63, 3.8) is 0 Å². The zero-order valence-corrected chi connectivity index (χ0v) is 12.0. The highest BCUT2D eigenvalue weighted by Crippen LogP contribution is 2.20. The molecule has 0 saturated carbocycles. The van der Waals surface area contributed by atoms with Gasteiger partial charge in [0.05, 0.1) is 0 Å². The molecule has 84 valence electrons. The van der Waals surface area contributed by atoms with Gasteiger partial charge < -0.3 is 0 Å². The summed E-state index contributed by atoms with van der Waals surface area (Å²) in [5.41, 5.74) is 0. The summed E-state index contributed by atoms with van der Waals surface area (Å²) < 4.78 is 0. The van der Waals surface area contributed by atoms with E-state index >= 15 is 0 Å². The van der Waals surface area contributed by atoms with E-state index in [1.807, 2.05) is 0 Å². The molecule has 0 saturated heterocycles. The van der Waals surface area contributed by atoms with Crippen LogP contribution >= 0.6 is 11.2 Å². The van der Waals surface area contributed by atoms with Crippen molar-refractivity contribution in [1.29, 1.82) is 0 Å². The molecule has 0 aliphatic rings. The second kappa shape index (κ2) is 8.54. The van der Waals surface area contributed by atoms with Crippen LogP contribution in [0.4, 0.5) is 0 Å². The average Bonchev–Trinajstić information content (AvgIpc) is 2.08. The van der Waals surface area contributed by atoms with Crippen molar-refractivity contribution in [3.05, 3.63) is 0 Å². The van der Waals surface area contributed by atoms with E-state index in [1.54, 1.807) is 0 Å². The van der Waals surface area contributed by atoms with Crippen LogP contribution in [0.2, 0.25) is 19.6 Å². The molecule has 0 heterocycles. The minimum absolute atomic E-state index is 0.866. The Labute approximate surface area is 94.4 Å². The summed E-state index contributed by atoms with van der Waals surface area (Å²) >= 11 is 2.18. The van der Waals surface area contributed by atoms with E-state index in [-0.39, 0.29) is 0 Å². The summed E-state index contributed by atoms with van der Waals surface area (Å²) in [6, 6.07) is 0. The SMILES string of the molecule is CCCC/N=C\CCCS[Si](C)(C)C. The number of aliphatic imine (C=N–C) groups is 1. The van der Waals surface area contributed by atoms with Crippen LogP contribution in [-0.4, -0.2) is 25.7 Å². The molecule has 0 aromatic carbocycles. The van der Waals surface area contributed by atoms with Gasteiger partial charge in [-0.15, -0.1) is 0 Å². The van der Waals surface area contributed by atoms with Crippen molar-refractivity contribution in [2.75, 3.05) is 12.3 Å². The molecular formula is C11H25NSSi. The van der Waals surface area contributed by atoms with Crippen LogP contribution in [0.5, 0.6) is 0 Å². The molecule has 0 radical (unpaired) electrons. The van der Waals surface area contributed by atoms with Crippen LogP contribution in [0.3, 0.4) is 0 Å². The second-order valence-electron chi connectivity index (χ2n) is 4.55. The van der Waals surface area contributed by atoms with Crippen LogP contribution in [0.15, 0.2) is 4.99 Å². The van der Waals surface area contributed by atoms with Gasteiger partial charge in [-0.3, -0.25) is 4.99 Å². The first-order valence-corrected chi connectivity index (χ1v) is 10.9. The number of hydrogen-bond donors (Lipinski definition) is 0. The maximum Gasteiger partial charge on any atom is 0.108 e. The zero-order chi connectivity index (χ0) is 10.9. The van der Waals surface area contributed by atoms with E-state index in [1.165, 1.54) is 31.4 Å². The molecule has 0 rings (SSSR count). The van der Waals surface area contributed by atoms with Gasteiger partial charge in [0, 0.05) is 6.54 Å². The van der Waals surface area contributed by atoms with E-state index < -0.39 is 7.22 Å². The van der Waals surface area contributed by atoms with Crippen molar-refractivity contribution in [2.24, 2.45) is 4.99 Å². The number of rotatable bonds is 8. The molecule has 1 nitrogen and oxygen atoms in total. The van der Waals surface area contributed by atoms with Gasteiger partial charge in [-0.2, -0.15) is 11.2 Å². The summed E-state index contributed by atoms with van der Waals surface area (Å²) in [5, 5.41) is 0. The summed E-state index contributed by atoms with van der Waals surface area (Å²) in [5.74, 6) is 1.32. The summed E-state index contributed by atoms with van der Waals surface area (Å²) in [6.07, 6.45) is 7.06. The van der Waals surface area contributed by atoms with E-state index in [2.05, 4.69) is 49.0 Å². The molecule has 0 aliphatic carbocycles. The molecule has 0 aromatic rings. The van der Waals surface area contributed by atoms with Gasteiger partial charge in [0.15, 0.2) is 0 Å². The van der Waals surface area contributed by atoms with Crippen LogP contribution < -0.4 is 0 Å². The molecule has 0 bridgehead atoms. The maximum absolute atomic E-state index is 4.37. The quantitative estimate of drug-likeness (QED) is 0.346. The van der Waals surface area contributed by atoms with Gasteiger partial charge in [0.2, 0.25) is 0 Å². The third-order valence-corrected chi connectivity index (χ3v) is 6.35. The fourth-order valence-electron chi connectivity index (χ4n) is 0.985. The zero-order valence-electron chi connectivity index (χ0n) is 10.2. The van der Waals surface area contributed by atoms with Gasteiger partial charge in [-0.25, -0.2) is 0 Å². The van der Waals surface area contributed by atoms with Crippen LogP contribution in [-0.2, 0) is 0 Å². The van der Waals surface area contributed by atoms with E-state index in [0.29, 0.717) is 0 Å². The minimum Gasteiger partial charge on any atom is -0.298 e. The second-order valence-corrected chi connectivity index (χ2v) is 14.0. The van der Waals surface area contributed by atoms with Gasteiger partial charge in [0.1, 0.15) is 7.22 Å². The Bertz CT molecular complexity index is 152. The predicted octanol–water partition coefficient (Wildman–Crippen LogP) is 4.21. The smallest absolute Gasteiger partial charge is 0.108 e. The van der Waals surface area contributed by atoms with Crippen LogP contribution in [0.1, 0.15) is 32.6 Å². The lowest BCUT2D eigenvalue weighted by Crippen LogP contribution is -2.14. The molecular weight excluding hydrogens is 206 g/mol. The molecule has 0 aliphatic heterocycles. The highest BCUT2D eigenvalue weighted by molar-refractivity contribution is 8.28. The number of hydrogen-bond acceptors (Lipinski definition) is 2. The molecule has 0 amide bonds. The van der Waals surface area contributed by atoms with Crippen LogP contribution in [0.25, 0.3) is 0 Å². The summed E-state index contributed by atoms with van der Waals surface area (Å²) in [4.78, 5) is 4.37. The lowest BCUT2D eigenvalue weighted by molar-refractivity contribution is 0.807. The molecule has 14 heavy (non-hydrogen) atoms.